The zero-order valence-corrected chi connectivity index (χ0v) is 15.5. The molecule has 4 nitrogen and oxygen atoms in total. The molecule has 4 heteroatoms. The van der Waals surface area contributed by atoms with Crippen molar-refractivity contribution in [2.75, 3.05) is 6.61 Å². The van der Waals surface area contributed by atoms with E-state index in [1.165, 1.54) is 12.8 Å². The normalized spacial score (nSPS) is 12.0. The van der Waals surface area contributed by atoms with Gasteiger partial charge < -0.3 is 10.1 Å². The van der Waals surface area contributed by atoms with Crippen LogP contribution in [0.3, 0.4) is 0 Å². The molecule has 0 heterocycles. The molecule has 136 valence electrons. The van der Waals surface area contributed by atoms with Gasteiger partial charge in [-0.2, -0.15) is 0 Å². The van der Waals surface area contributed by atoms with Gasteiger partial charge in [-0.3, -0.25) is 9.59 Å². The Morgan fingerprint density at radius 3 is 2.17 bits per heavy atom. The van der Waals surface area contributed by atoms with Crippen LogP contribution in [0.2, 0.25) is 0 Å². The molecule has 0 aliphatic carbocycles. The average molecular weight is 328 g/mol. The zero-order chi connectivity index (χ0) is 17.3. The molecule has 0 aromatic rings. The smallest absolute Gasteiger partial charge is 0.305 e. The lowest BCUT2D eigenvalue weighted by Crippen LogP contribution is -2.32. The Bertz CT molecular complexity index is 305. The Balaban J connectivity index is 3.54. The van der Waals surface area contributed by atoms with Gasteiger partial charge in [-0.15, -0.1) is 0 Å². The van der Waals surface area contributed by atoms with E-state index in [0.29, 0.717) is 19.1 Å². The third-order valence-corrected chi connectivity index (χ3v) is 4.01. The lowest BCUT2D eigenvalue weighted by Gasteiger charge is -2.17. The molecule has 1 N–H and O–H groups in total. The first-order chi connectivity index (χ1) is 11.1. The molecule has 0 fully saturated rings. The number of unbranched alkanes of at least 4 members (excludes halogenated alkanes) is 6. The van der Waals surface area contributed by atoms with Gasteiger partial charge in [-0.25, -0.2) is 0 Å². The zero-order valence-electron chi connectivity index (χ0n) is 15.5. The van der Waals surface area contributed by atoms with Crippen LogP contribution in [0.25, 0.3) is 0 Å². The monoisotopic (exact) mass is 327 g/mol. The van der Waals surface area contributed by atoms with Crippen LogP contribution in [-0.4, -0.2) is 24.5 Å². The summed E-state index contributed by atoms with van der Waals surface area (Å²) in [5.41, 5.74) is 0. The molecule has 23 heavy (non-hydrogen) atoms. The van der Waals surface area contributed by atoms with Gasteiger partial charge in [0.2, 0.25) is 5.91 Å². The van der Waals surface area contributed by atoms with Crippen molar-refractivity contribution >= 4 is 11.9 Å². The number of carbonyl (C=O) groups excluding carboxylic acids is 2. The minimum absolute atomic E-state index is 0.0521. The summed E-state index contributed by atoms with van der Waals surface area (Å²) in [5.74, 6) is 0.0184. The third-order valence-electron chi connectivity index (χ3n) is 4.01. The maximum absolute atomic E-state index is 11.4. The van der Waals surface area contributed by atoms with Crippen molar-refractivity contribution in [1.82, 2.24) is 5.32 Å². The summed E-state index contributed by atoms with van der Waals surface area (Å²) >= 11 is 0. The van der Waals surface area contributed by atoms with Crippen LogP contribution in [0.15, 0.2) is 0 Å². The Hall–Kier alpha value is -1.06. The SMILES string of the molecule is CCCCCC(=O)OCCCCCCC(CCCC)NC(C)=O. The van der Waals surface area contributed by atoms with Crippen LogP contribution in [0.1, 0.15) is 97.8 Å². The number of hydrogen-bond acceptors (Lipinski definition) is 3. The molecule has 1 unspecified atom stereocenters. The second-order valence-electron chi connectivity index (χ2n) is 6.42. The van der Waals surface area contributed by atoms with Gasteiger partial charge in [-0.05, 0) is 25.7 Å². The maximum atomic E-state index is 11.4. The molecule has 0 aromatic carbocycles. The highest BCUT2D eigenvalue weighted by molar-refractivity contribution is 5.73. The van der Waals surface area contributed by atoms with E-state index in [-0.39, 0.29) is 11.9 Å². The second kappa shape index (κ2) is 15.8. The van der Waals surface area contributed by atoms with E-state index in [9.17, 15) is 9.59 Å². The number of amides is 1. The van der Waals surface area contributed by atoms with Gasteiger partial charge in [0.25, 0.3) is 0 Å². The van der Waals surface area contributed by atoms with Crippen molar-refractivity contribution in [2.24, 2.45) is 0 Å². The first-order valence-corrected chi connectivity index (χ1v) is 9.52. The highest BCUT2D eigenvalue weighted by Crippen LogP contribution is 2.11. The minimum Gasteiger partial charge on any atom is -0.466 e. The van der Waals surface area contributed by atoms with Crippen LogP contribution in [0.5, 0.6) is 0 Å². The van der Waals surface area contributed by atoms with E-state index < -0.39 is 0 Å². The Morgan fingerprint density at radius 2 is 1.52 bits per heavy atom. The van der Waals surface area contributed by atoms with Crippen LogP contribution < -0.4 is 5.32 Å². The van der Waals surface area contributed by atoms with Gasteiger partial charge in [0.1, 0.15) is 0 Å². The number of ether oxygens (including phenoxy) is 1. The van der Waals surface area contributed by atoms with Crippen LogP contribution in [0.4, 0.5) is 0 Å². The van der Waals surface area contributed by atoms with E-state index in [2.05, 4.69) is 19.2 Å². The second-order valence-corrected chi connectivity index (χ2v) is 6.42. The lowest BCUT2D eigenvalue weighted by molar-refractivity contribution is -0.143. The molecule has 1 atom stereocenters. The van der Waals surface area contributed by atoms with Gasteiger partial charge in [0, 0.05) is 19.4 Å². The molecule has 1 amide bonds. The largest absolute Gasteiger partial charge is 0.466 e. The molecule has 0 saturated heterocycles. The minimum atomic E-state index is -0.0521. The maximum Gasteiger partial charge on any atom is 0.305 e. The highest BCUT2D eigenvalue weighted by Gasteiger charge is 2.09. The number of hydrogen-bond donors (Lipinski definition) is 1. The van der Waals surface area contributed by atoms with Crippen molar-refractivity contribution < 1.29 is 14.3 Å². The fourth-order valence-corrected chi connectivity index (χ4v) is 2.65. The van der Waals surface area contributed by atoms with Crippen molar-refractivity contribution in [3.05, 3.63) is 0 Å². The van der Waals surface area contributed by atoms with E-state index >= 15 is 0 Å². The van der Waals surface area contributed by atoms with Crippen molar-refractivity contribution in [3.63, 3.8) is 0 Å². The fraction of sp³-hybridized carbons (Fsp3) is 0.895. The molecular weight excluding hydrogens is 290 g/mol. The Morgan fingerprint density at radius 1 is 0.870 bits per heavy atom. The Labute approximate surface area is 142 Å². The van der Waals surface area contributed by atoms with E-state index in [0.717, 1.165) is 57.8 Å². The average Bonchev–Trinajstić information content (AvgIpc) is 2.51. The summed E-state index contributed by atoms with van der Waals surface area (Å²) in [6.45, 7) is 6.45. The predicted molar refractivity (Wildman–Crippen MR) is 95.3 cm³/mol. The molecule has 0 saturated carbocycles. The van der Waals surface area contributed by atoms with Crippen LogP contribution in [0, 0.1) is 0 Å². The van der Waals surface area contributed by atoms with Crippen molar-refractivity contribution in [2.45, 2.75) is 104 Å². The molecule has 0 aromatic heterocycles. The predicted octanol–water partition coefficient (Wildman–Crippen LogP) is 4.76. The summed E-state index contributed by atoms with van der Waals surface area (Å²) in [6, 6.07) is 0.323. The van der Waals surface area contributed by atoms with E-state index in [1.807, 2.05) is 0 Å². The van der Waals surface area contributed by atoms with Gasteiger partial charge in [0.05, 0.1) is 6.61 Å². The molecule has 0 aliphatic rings. The summed E-state index contributed by atoms with van der Waals surface area (Å²) in [4.78, 5) is 22.6. The number of nitrogens with one attached hydrogen (secondary N) is 1. The number of rotatable bonds is 15. The van der Waals surface area contributed by atoms with Crippen LogP contribution in [-0.2, 0) is 14.3 Å². The van der Waals surface area contributed by atoms with Crippen molar-refractivity contribution in [1.29, 1.82) is 0 Å². The van der Waals surface area contributed by atoms with Gasteiger partial charge >= 0.3 is 5.97 Å². The molecule has 0 rings (SSSR count). The fourth-order valence-electron chi connectivity index (χ4n) is 2.65. The highest BCUT2D eigenvalue weighted by atomic mass is 16.5. The van der Waals surface area contributed by atoms with E-state index in [1.54, 1.807) is 6.92 Å². The quantitative estimate of drug-likeness (QED) is 0.349. The molecule has 0 spiro atoms. The topological polar surface area (TPSA) is 55.4 Å². The first kappa shape index (κ1) is 21.9. The summed E-state index contributed by atoms with van der Waals surface area (Å²) < 4.78 is 5.23. The van der Waals surface area contributed by atoms with Crippen LogP contribution >= 0.6 is 0 Å². The van der Waals surface area contributed by atoms with Gasteiger partial charge in [-0.1, -0.05) is 58.8 Å². The van der Waals surface area contributed by atoms with Gasteiger partial charge in [0.15, 0.2) is 0 Å². The molecule has 0 bridgehead atoms. The van der Waals surface area contributed by atoms with E-state index in [4.69, 9.17) is 4.74 Å². The number of esters is 1. The molecule has 0 aliphatic heterocycles. The standard InChI is InChI=1S/C19H37NO3/c1-4-6-10-15-19(22)23-16-12-9-8-11-14-18(13-7-5-2)20-17(3)21/h18H,4-16H2,1-3H3,(H,20,21). The molecular formula is C19H37NO3. The third kappa shape index (κ3) is 15.6. The first-order valence-electron chi connectivity index (χ1n) is 9.52. The summed E-state index contributed by atoms with van der Waals surface area (Å²) in [6.07, 6.45) is 12.5. The molecule has 0 radical (unpaired) electrons. The summed E-state index contributed by atoms with van der Waals surface area (Å²) in [7, 11) is 0. The summed E-state index contributed by atoms with van der Waals surface area (Å²) in [5, 5.41) is 3.05. The Kier molecular flexibility index (Phi) is 15.1. The van der Waals surface area contributed by atoms with Crippen molar-refractivity contribution in [3.8, 4) is 0 Å². The lowest BCUT2D eigenvalue weighted by atomic mass is 10.0. The number of carbonyl (C=O) groups is 2.